The number of halogens is 1. The molecule has 11 heavy (non-hydrogen) atoms. The second-order valence-corrected chi connectivity index (χ2v) is 3.63. The van der Waals surface area contributed by atoms with Crippen molar-refractivity contribution in [2.75, 3.05) is 0 Å². The number of aromatic amines is 1. The number of benzene rings is 1. The highest BCUT2D eigenvalue weighted by Crippen LogP contribution is 2.20. The van der Waals surface area contributed by atoms with Crippen molar-refractivity contribution in [1.29, 1.82) is 0 Å². The number of aromatic nitrogens is 1. The van der Waals surface area contributed by atoms with Crippen LogP contribution in [-0.4, -0.2) is 10.1 Å². The number of H-pyrrole nitrogens is 1. The van der Waals surface area contributed by atoms with E-state index in [0.29, 0.717) is 0 Å². The van der Waals surface area contributed by atoms with E-state index in [2.05, 4.69) is 27.6 Å². The van der Waals surface area contributed by atoms with Gasteiger partial charge in [-0.2, -0.15) is 0 Å². The summed E-state index contributed by atoms with van der Waals surface area (Å²) in [5.41, 5.74) is 0.981. The lowest BCUT2D eigenvalue weighted by Crippen LogP contribution is -1.69. The third-order valence-electron chi connectivity index (χ3n) is 1.57. The van der Waals surface area contributed by atoms with Crippen LogP contribution in [0.5, 0.6) is 5.88 Å². The normalized spacial score (nSPS) is 10.6. The van der Waals surface area contributed by atoms with Crippen molar-refractivity contribution >= 4 is 33.5 Å². The first-order chi connectivity index (χ1) is 5.25. The van der Waals surface area contributed by atoms with E-state index in [1.54, 1.807) is 6.07 Å². The van der Waals surface area contributed by atoms with E-state index >= 15 is 0 Å². The number of nitrogens with one attached hydrogen (secondary N) is 1. The molecular formula is C8H6INO. The van der Waals surface area contributed by atoms with Crippen molar-refractivity contribution in [1.82, 2.24) is 4.98 Å². The molecule has 56 valence electrons. The molecule has 0 spiro atoms. The van der Waals surface area contributed by atoms with Crippen LogP contribution in [0.15, 0.2) is 24.3 Å². The van der Waals surface area contributed by atoms with Gasteiger partial charge in [-0.15, -0.1) is 0 Å². The fraction of sp³-hybridized carbons (Fsp3) is 0. The smallest absolute Gasteiger partial charge is 0.189 e. The average molecular weight is 259 g/mol. The fourth-order valence-corrected chi connectivity index (χ4v) is 1.58. The second kappa shape index (κ2) is 2.41. The molecule has 0 unspecified atom stereocenters. The molecule has 1 heterocycles. The van der Waals surface area contributed by atoms with Crippen LogP contribution in [0, 0.1) is 3.57 Å². The molecule has 2 aromatic rings. The van der Waals surface area contributed by atoms with Crippen molar-refractivity contribution in [3.63, 3.8) is 0 Å². The van der Waals surface area contributed by atoms with Gasteiger partial charge in [0.25, 0.3) is 0 Å². The molecule has 0 saturated carbocycles. The third kappa shape index (κ3) is 1.20. The van der Waals surface area contributed by atoms with Gasteiger partial charge in [-0.25, -0.2) is 0 Å². The van der Waals surface area contributed by atoms with Crippen molar-refractivity contribution in [2.45, 2.75) is 0 Å². The summed E-state index contributed by atoms with van der Waals surface area (Å²) in [4.78, 5) is 2.85. The Morgan fingerprint density at radius 1 is 1.27 bits per heavy atom. The first-order valence-electron chi connectivity index (χ1n) is 3.23. The maximum atomic E-state index is 9.09. The van der Waals surface area contributed by atoms with Gasteiger partial charge in [0.1, 0.15) is 0 Å². The molecule has 3 heteroatoms. The van der Waals surface area contributed by atoms with Gasteiger partial charge >= 0.3 is 0 Å². The van der Waals surface area contributed by atoms with Crippen LogP contribution in [0.25, 0.3) is 10.9 Å². The minimum absolute atomic E-state index is 0.224. The van der Waals surface area contributed by atoms with Crippen LogP contribution in [-0.2, 0) is 0 Å². The van der Waals surface area contributed by atoms with Crippen LogP contribution in [0.3, 0.4) is 0 Å². The van der Waals surface area contributed by atoms with Crippen LogP contribution in [0.4, 0.5) is 0 Å². The zero-order valence-corrected chi connectivity index (χ0v) is 7.79. The van der Waals surface area contributed by atoms with Gasteiger partial charge in [-0.05, 0) is 34.7 Å². The number of hydrogen-bond acceptors (Lipinski definition) is 1. The van der Waals surface area contributed by atoms with Crippen molar-refractivity contribution in [2.24, 2.45) is 0 Å². The van der Waals surface area contributed by atoms with Crippen LogP contribution in [0.1, 0.15) is 0 Å². The minimum atomic E-state index is 0.224. The molecule has 2 N–H and O–H groups in total. The second-order valence-electron chi connectivity index (χ2n) is 2.39. The summed E-state index contributed by atoms with van der Waals surface area (Å²) in [7, 11) is 0. The van der Waals surface area contributed by atoms with Crippen LogP contribution >= 0.6 is 22.6 Å². The van der Waals surface area contributed by atoms with Gasteiger partial charge in [0.05, 0.1) is 0 Å². The standard InChI is InChI=1S/C8H6INO/c9-6-2-1-5-3-8(11)10-7(5)4-6/h1-4,10-11H. The minimum Gasteiger partial charge on any atom is -0.495 e. The summed E-state index contributed by atoms with van der Waals surface area (Å²) in [5, 5.41) is 10.1. The summed E-state index contributed by atoms with van der Waals surface area (Å²) in [6.07, 6.45) is 0. The molecule has 1 aromatic carbocycles. The molecule has 2 rings (SSSR count). The summed E-state index contributed by atoms with van der Waals surface area (Å²) in [5.74, 6) is 0.224. The fourth-order valence-electron chi connectivity index (χ4n) is 1.08. The molecule has 0 radical (unpaired) electrons. The molecular weight excluding hydrogens is 253 g/mol. The van der Waals surface area contributed by atoms with Crippen molar-refractivity contribution < 1.29 is 5.11 Å². The van der Waals surface area contributed by atoms with Crippen molar-refractivity contribution in [3.05, 3.63) is 27.8 Å². The molecule has 0 aliphatic rings. The Morgan fingerprint density at radius 3 is 2.91 bits per heavy atom. The van der Waals surface area contributed by atoms with E-state index in [1.165, 1.54) is 0 Å². The lowest BCUT2D eigenvalue weighted by Gasteiger charge is -1.88. The molecule has 0 amide bonds. The van der Waals surface area contributed by atoms with Gasteiger partial charge in [0.15, 0.2) is 5.88 Å². The predicted octanol–water partition coefficient (Wildman–Crippen LogP) is 2.48. The van der Waals surface area contributed by atoms with Crippen LogP contribution in [0.2, 0.25) is 0 Å². The third-order valence-corrected chi connectivity index (χ3v) is 2.24. The van der Waals surface area contributed by atoms with E-state index in [1.807, 2.05) is 18.2 Å². The molecule has 0 atom stereocenters. The summed E-state index contributed by atoms with van der Waals surface area (Å²) in [6, 6.07) is 7.70. The Kier molecular flexibility index (Phi) is 1.52. The highest BCUT2D eigenvalue weighted by atomic mass is 127. The SMILES string of the molecule is Oc1cc2ccc(I)cc2[nH]1. The number of rotatable bonds is 0. The Hall–Kier alpha value is -0.710. The largest absolute Gasteiger partial charge is 0.495 e. The Labute approximate surface area is 77.4 Å². The van der Waals surface area contributed by atoms with Crippen LogP contribution < -0.4 is 0 Å². The topological polar surface area (TPSA) is 36.0 Å². The quantitative estimate of drug-likeness (QED) is 0.700. The Morgan fingerprint density at radius 2 is 2.09 bits per heavy atom. The van der Waals surface area contributed by atoms with E-state index in [0.717, 1.165) is 14.5 Å². The van der Waals surface area contributed by atoms with Gasteiger partial charge in [0, 0.05) is 20.5 Å². The molecule has 2 nitrogen and oxygen atoms in total. The highest BCUT2D eigenvalue weighted by molar-refractivity contribution is 14.1. The van der Waals surface area contributed by atoms with Gasteiger partial charge in [0.2, 0.25) is 0 Å². The first-order valence-corrected chi connectivity index (χ1v) is 4.31. The van der Waals surface area contributed by atoms with E-state index in [9.17, 15) is 0 Å². The van der Waals surface area contributed by atoms with E-state index in [-0.39, 0.29) is 5.88 Å². The molecule has 0 bridgehead atoms. The van der Waals surface area contributed by atoms with Gasteiger partial charge < -0.3 is 10.1 Å². The first kappa shape index (κ1) is 6.97. The molecule has 0 fully saturated rings. The monoisotopic (exact) mass is 259 g/mol. The number of hydrogen-bond donors (Lipinski definition) is 2. The zero-order chi connectivity index (χ0) is 7.84. The van der Waals surface area contributed by atoms with Gasteiger partial charge in [-0.3, -0.25) is 0 Å². The maximum absolute atomic E-state index is 9.09. The molecule has 1 aromatic heterocycles. The molecule has 0 saturated heterocycles. The summed E-state index contributed by atoms with van der Waals surface area (Å²) >= 11 is 2.24. The highest BCUT2D eigenvalue weighted by Gasteiger charge is 1.97. The molecule has 0 aliphatic heterocycles. The lowest BCUT2D eigenvalue weighted by molar-refractivity contribution is 0.458. The predicted molar refractivity (Wildman–Crippen MR) is 52.7 cm³/mol. The van der Waals surface area contributed by atoms with E-state index in [4.69, 9.17) is 5.11 Å². The lowest BCUT2D eigenvalue weighted by atomic mass is 10.3. The Balaban J connectivity index is 2.82. The molecule has 0 aliphatic carbocycles. The number of aromatic hydroxyl groups is 1. The van der Waals surface area contributed by atoms with E-state index < -0.39 is 0 Å². The average Bonchev–Trinajstić information content (AvgIpc) is 2.27. The summed E-state index contributed by atoms with van der Waals surface area (Å²) < 4.78 is 1.16. The zero-order valence-electron chi connectivity index (χ0n) is 5.63. The summed E-state index contributed by atoms with van der Waals surface area (Å²) in [6.45, 7) is 0. The van der Waals surface area contributed by atoms with Crippen molar-refractivity contribution in [3.8, 4) is 5.88 Å². The maximum Gasteiger partial charge on any atom is 0.189 e. The number of fused-ring (bicyclic) bond motifs is 1. The van der Waals surface area contributed by atoms with Gasteiger partial charge in [-0.1, -0.05) is 6.07 Å². The Bertz CT molecular complexity index is 394.